The number of likely N-dealkylation sites (tertiary alicyclic amines) is 1. The lowest BCUT2D eigenvalue weighted by Crippen LogP contribution is -2.34. The van der Waals surface area contributed by atoms with Gasteiger partial charge in [-0.25, -0.2) is 10.1 Å². The Kier molecular flexibility index (Phi) is 7.53. The summed E-state index contributed by atoms with van der Waals surface area (Å²) in [6.07, 6.45) is 3.44. The average molecular weight is 498 g/mol. The number of aromatic nitrogens is 5. The summed E-state index contributed by atoms with van der Waals surface area (Å²) in [7, 11) is 1.45. The maximum atomic E-state index is 13.0. The molecule has 36 heavy (non-hydrogen) atoms. The van der Waals surface area contributed by atoms with Gasteiger partial charge < -0.3 is 15.2 Å². The first kappa shape index (κ1) is 24.8. The minimum atomic E-state index is -0.593. The molecule has 0 spiro atoms. The molecule has 0 radical (unpaired) electrons. The Bertz CT molecular complexity index is 1260. The lowest BCUT2D eigenvalue weighted by molar-refractivity contribution is -0.132. The first-order chi connectivity index (χ1) is 17.4. The molecule has 1 saturated heterocycles. The Morgan fingerprint density at radius 2 is 2.08 bits per heavy atom. The fourth-order valence-electron chi connectivity index (χ4n) is 3.82. The third-order valence-corrected chi connectivity index (χ3v) is 5.77. The maximum Gasteiger partial charge on any atom is 0.308 e. The SMILES string of the molecule is COc1cccc(/C=N\NC(=O)c2nnn(-c3nonc3N)c2CN2CCC(C)CC2)c1OC(C)=O. The monoisotopic (exact) mass is 497 g/mol. The summed E-state index contributed by atoms with van der Waals surface area (Å²) in [5.74, 6) is 0.233. The number of carbonyl (C=O) groups is 2. The minimum Gasteiger partial charge on any atom is -0.493 e. The molecule has 190 valence electrons. The fourth-order valence-corrected chi connectivity index (χ4v) is 3.82. The van der Waals surface area contributed by atoms with Crippen LogP contribution in [0.25, 0.3) is 5.82 Å². The van der Waals surface area contributed by atoms with Crippen LogP contribution in [0.2, 0.25) is 0 Å². The summed E-state index contributed by atoms with van der Waals surface area (Å²) in [6.45, 7) is 5.63. The average Bonchev–Trinajstić information content (AvgIpc) is 3.46. The van der Waals surface area contributed by atoms with Crippen LogP contribution in [-0.2, 0) is 11.3 Å². The molecule has 14 nitrogen and oxygen atoms in total. The van der Waals surface area contributed by atoms with Crippen LogP contribution in [0.3, 0.4) is 0 Å². The number of nitrogens with one attached hydrogen (secondary N) is 1. The van der Waals surface area contributed by atoms with Gasteiger partial charge >= 0.3 is 5.97 Å². The molecular formula is C22H27N9O5. The number of esters is 1. The normalized spacial score (nSPS) is 14.8. The third kappa shape index (κ3) is 5.49. The molecule has 2 aromatic heterocycles. The van der Waals surface area contributed by atoms with Gasteiger partial charge in [-0.15, -0.1) is 5.10 Å². The zero-order valence-electron chi connectivity index (χ0n) is 20.2. The van der Waals surface area contributed by atoms with Gasteiger partial charge in [-0.3, -0.25) is 14.5 Å². The quantitative estimate of drug-likeness (QED) is 0.198. The van der Waals surface area contributed by atoms with Crippen molar-refractivity contribution in [3.63, 3.8) is 0 Å². The number of nitrogens with two attached hydrogens (primary N) is 1. The topological polar surface area (TPSA) is 176 Å². The third-order valence-electron chi connectivity index (χ3n) is 5.77. The smallest absolute Gasteiger partial charge is 0.308 e. The molecule has 0 unspecified atom stereocenters. The van der Waals surface area contributed by atoms with E-state index in [1.165, 1.54) is 24.9 Å². The minimum absolute atomic E-state index is 0.0226. The number of hydrogen-bond acceptors (Lipinski definition) is 12. The number of para-hydroxylation sites is 1. The largest absolute Gasteiger partial charge is 0.493 e. The summed E-state index contributed by atoms with van der Waals surface area (Å²) in [4.78, 5) is 26.8. The Labute approximate surface area is 206 Å². The summed E-state index contributed by atoms with van der Waals surface area (Å²) in [5, 5.41) is 19.5. The first-order valence-electron chi connectivity index (χ1n) is 11.3. The number of amides is 1. The van der Waals surface area contributed by atoms with Gasteiger partial charge in [0.05, 0.1) is 19.0 Å². The van der Waals surface area contributed by atoms with Crippen LogP contribution < -0.4 is 20.6 Å². The highest BCUT2D eigenvalue weighted by Crippen LogP contribution is 2.30. The van der Waals surface area contributed by atoms with E-state index in [0.29, 0.717) is 29.5 Å². The number of hydrogen-bond donors (Lipinski definition) is 2. The number of carbonyl (C=O) groups excluding carboxylic acids is 2. The van der Waals surface area contributed by atoms with Crippen molar-refractivity contribution in [1.82, 2.24) is 35.6 Å². The molecule has 0 aliphatic carbocycles. The predicted octanol–water partition coefficient (Wildman–Crippen LogP) is 1.16. The second-order valence-corrected chi connectivity index (χ2v) is 8.40. The molecule has 3 aromatic rings. The van der Waals surface area contributed by atoms with Gasteiger partial charge in [0.2, 0.25) is 11.6 Å². The zero-order valence-corrected chi connectivity index (χ0v) is 20.2. The Balaban J connectivity index is 1.57. The van der Waals surface area contributed by atoms with E-state index in [9.17, 15) is 9.59 Å². The number of methoxy groups -OCH3 is 1. The summed E-state index contributed by atoms with van der Waals surface area (Å²) < 4.78 is 16.5. The van der Waals surface area contributed by atoms with E-state index in [-0.39, 0.29) is 23.1 Å². The molecule has 0 saturated carbocycles. The van der Waals surface area contributed by atoms with Crippen molar-refractivity contribution in [2.24, 2.45) is 11.0 Å². The molecule has 14 heteroatoms. The van der Waals surface area contributed by atoms with Crippen LogP contribution in [0.4, 0.5) is 5.82 Å². The van der Waals surface area contributed by atoms with Gasteiger partial charge in [0.25, 0.3) is 5.91 Å². The van der Waals surface area contributed by atoms with Gasteiger partial charge in [0, 0.05) is 19.0 Å². The van der Waals surface area contributed by atoms with Crippen LogP contribution in [0.1, 0.15) is 48.4 Å². The number of anilines is 1. The second kappa shape index (κ2) is 10.9. The second-order valence-electron chi connectivity index (χ2n) is 8.40. The standard InChI is InChI=1S/C22H27N9O5/c1-13-7-9-30(10-8-13)12-16-18(25-29-31(16)21-20(23)27-36-28-21)22(33)26-24-11-15-5-4-6-17(34-3)19(15)35-14(2)32/h4-6,11,13H,7-10,12H2,1-3H3,(H2,23,27)(H,26,33)/b24-11-. The van der Waals surface area contributed by atoms with E-state index in [0.717, 1.165) is 25.9 Å². The van der Waals surface area contributed by atoms with Crippen molar-refractivity contribution in [3.05, 3.63) is 35.2 Å². The summed E-state index contributed by atoms with van der Waals surface area (Å²) in [5.41, 5.74) is 9.26. The number of piperidine rings is 1. The van der Waals surface area contributed by atoms with Crippen LogP contribution in [0.15, 0.2) is 27.9 Å². The van der Waals surface area contributed by atoms with E-state index >= 15 is 0 Å². The van der Waals surface area contributed by atoms with Gasteiger partial charge in [-0.2, -0.15) is 9.78 Å². The molecule has 4 rings (SSSR count). The number of nitrogens with zero attached hydrogens (tertiary/aromatic N) is 7. The van der Waals surface area contributed by atoms with Crippen molar-refractivity contribution >= 4 is 23.9 Å². The van der Waals surface area contributed by atoms with Crippen molar-refractivity contribution in [2.45, 2.75) is 33.2 Å². The summed E-state index contributed by atoms with van der Waals surface area (Å²) >= 11 is 0. The Morgan fingerprint density at radius 1 is 1.31 bits per heavy atom. The van der Waals surface area contributed by atoms with Crippen LogP contribution in [0, 0.1) is 5.92 Å². The number of ether oxygens (including phenoxy) is 2. The molecule has 1 amide bonds. The molecule has 1 aliphatic rings. The Morgan fingerprint density at radius 3 is 2.75 bits per heavy atom. The van der Waals surface area contributed by atoms with Crippen LogP contribution in [-0.4, -0.2) is 68.5 Å². The van der Waals surface area contributed by atoms with Crippen molar-refractivity contribution in [1.29, 1.82) is 0 Å². The number of rotatable bonds is 8. The van der Waals surface area contributed by atoms with Gasteiger partial charge in [0.1, 0.15) is 0 Å². The van der Waals surface area contributed by atoms with Crippen LogP contribution >= 0.6 is 0 Å². The van der Waals surface area contributed by atoms with Gasteiger partial charge in [-0.1, -0.05) is 18.2 Å². The molecule has 0 atom stereocenters. The molecule has 1 aromatic carbocycles. The van der Waals surface area contributed by atoms with Crippen molar-refractivity contribution in [2.75, 3.05) is 25.9 Å². The van der Waals surface area contributed by atoms with Crippen molar-refractivity contribution in [3.8, 4) is 17.3 Å². The highest BCUT2D eigenvalue weighted by atomic mass is 16.6. The van der Waals surface area contributed by atoms with E-state index in [1.807, 2.05) is 0 Å². The molecule has 3 N–H and O–H groups in total. The van der Waals surface area contributed by atoms with Crippen LogP contribution in [0.5, 0.6) is 11.5 Å². The highest BCUT2D eigenvalue weighted by Gasteiger charge is 2.27. The van der Waals surface area contributed by atoms with Gasteiger partial charge in [0.15, 0.2) is 17.2 Å². The number of hydrazone groups is 1. The molecule has 3 heterocycles. The van der Waals surface area contributed by atoms with E-state index in [2.05, 4.69) is 43.0 Å². The molecule has 1 aliphatic heterocycles. The zero-order chi connectivity index (χ0) is 25.7. The van der Waals surface area contributed by atoms with Crippen molar-refractivity contribution < 1.29 is 23.7 Å². The summed E-state index contributed by atoms with van der Waals surface area (Å²) in [6, 6.07) is 5.01. The molecular weight excluding hydrogens is 470 g/mol. The Hall–Kier alpha value is -4.33. The van der Waals surface area contributed by atoms with E-state index in [1.54, 1.807) is 18.2 Å². The predicted molar refractivity (Wildman–Crippen MR) is 127 cm³/mol. The first-order valence-corrected chi connectivity index (χ1v) is 11.3. The number of benzene rings is 1. The lowest BCUT2D eigenvalue weighted by atomic mass is 9.99. The van der Waals surface area contributed by atoms with Gasteiger partial charge in [-0.05, 0) is 54.3 Å². The lowest BCUT2D eigenvalue weighted by Gasteiger charge is -2.30. The van der Waals surface area contributed by atoms with E-state index in [4.69, 9.17) is 19.8 Å². The maximum absolute atomic E-state index is 13.0. The highest BCUT2D eigenvalue weighted by molar-refractivity contribution is 5.94. The molecule has 0 bridgehead atoms. The number of nitrogen functional groups attached to an aromatic ring is 1. The molecule has 1 fully saturated rings. The van der Waals surface area contributed by atoms with E-state index < -0.39 is 11.9 Å². The fraction of sp³-hybridized carbons (Fsp3) is 0.409.